The zero-order valence-corrected chi connectivity index (χ0v) is 15.1. The van der Waals surface area contributed by atoms with Crippen LogP contribution < -0.4 is 0 Å². The molecule has 1 saturated carbocycles. The van der Waals surface area contributed by atoms with E-state index in [1.54, 1.807) is 6.07 Å². The van der Waals surface area contributed by atoms with Crippen molar-refractivity contribution in [3.63, 3.8) is 0 Å². The molecule has 0 unspecified atom stereocenters. The molecule has 26 heavy (non-hydrogen) atoms. The van der Waals surface area contributed by atoms with Gasteiger partial charge in [-0.3, -0.25) is 0 Å². The lowest BCUT2D eigenvalue weighted by Crippen LogP contribution is -2.17. The Balaban J connectivity index is 1.46. The SMILES string of the molecule is Fc1cc(C2OCCCO2)ccc1-c1nc2ccc(C3CCC3)nc2s1. The number of pyridine rings is 1. The van der Waals surface area contributed by atoms with Crippen LogP contribution in [0.25, 0.3) is 20.9 Å². The van der Waals surface area contributed by atoms with Crippen molar-refractivity contribution in [1.29, 1.82) is 0 Å². The summed E-state index contributed by atoms with van der Waals surface area (Å²) in [5.74, 6) is 0.273. The van der Waals surface area contributed by atoms with E-state index in [0.29, 0.717) is 35.3 Å². The first kappa shape index (κ1) is 16.3. The number of nitrogens with zero attached hydrogens (tertiary/aromatic N) is 2. The first-order valence-corrected chi connectivity index (χ1v) is 9.90. The Morgan fingerprint density at radius 3 is 2.58 bits per heavy atom. The molecular weight excluding hydrogens is 351 g/mol. The van der Waals surface area contributed by atoms with E-state index in [1.165, 1.54) is 36.7 Å². The summed E-state index contributed by atoms with van der Waals surface area (Å²) in [5, 5.41) is 0.660. The van der Waals surface area contributed by atoms with Gasteiger partial charge in [-0.25, -0.2) is 14.4 Å². The summed E-state index contributed by atoms with van der Waals surface area (Å²) in [6.45, 7) is 1.28. The van der Waals surface area contributed by atoms with Crippen LogP contribution in [0.15, 0.2) is 30.3 Å². The highest BCUT2D eigenvalue weighted by atomic mass is 32.1. The van der Waals surface area contributed by atoms with Crippen molar-refractivity contribution in [2.24, 2.45) is 0 Å². The van der Waals surface area contributed by atoms with E-state index in [0.717, 1.165) is 22.5 Å². The van der Waals surface area contributed by atoms with Gasteiger partial charge in [-0.15, -0.1) is 0 Å². The minimum atomic E-state index is -0.477. The second-order valence-electron chi connectivity index (χ2n) is 6.87. The first-order valence-electron chi connectivity index (χ1n) is 9.08. The number of hydrogen-bond acceptors (Lipinski definition) is 5. The molecule has 1 saturated heterocycles. The molecule has 2 aliphatic rings. The fourth-order valence-corrected chi connectivity index (χ4v) is 4.38. The summed E-state index contributed by atoms with van der Waals surface area (Å²) >= 11 is 1.45. The zero-order valence-electron chi connectivity index (χ0n) is 14.3. The summed E-state index contributed by atoms with van der Waals surface area (Å²) in [6.07, 6.45) is 4.11. The largest absolute Gasteiger partial charge is 0.348 e. The zero-order chi connectivity index (χ0) is 17.5. The summed E-state index contributed by atoms with van der Waals surface area (Å²) in [5.41, 5.74) is 3.17. The molecule has 5 rings (SSSR count). The lowest BCUT2D eigenvalue weighted by molar-refractivity contribution is -0.183. The topological polar surface area (TPSA) is 44.2 Å². The molecule has 1 aliphatic carbocycles. The number of benzene rings is 1. The highest BCUT2D eigenvalue weighted by Crippen LogP contribution is 2.38. The molecule has 2 aromatic heterocycles. The first-order chi connectivity index (χ1) is 12.8. The van der Waals surface area contributed by atoms with Crippen molar-refractivity contribution in [1.82, 2.24) is 9.97 Å². The highest BCUT2D eigenvalue weighted by Gasteiger charge is 2.22. The van der Waals surface area contributed by atoms with Crippen LogP contribution in [0.5, 0.6) is 0 Å². The Labute approximate surface area is 155 Å². The summed E-state index contributed by atoms with van der Waals surface area (Å²) in [7, 11) is 0. The van der Waals surface area contributed by atoms with Gasteiger partial charge in [-0.1, -0.05) is 23.8 Å². The lowest BCUT2D eigenvalue weighted by Gasteiger charge is -2.24. The van der Waals surface area contributed by atoms with Crippen LogP contribution in [0.3, 0.4) is 0 Å². The van der Waals surface area contributed by atoms with Gasteiger partial charge in [0.15, 0.2) is 6.29 Å². The van der Waals surface area contributed by atoms with Gasteiger partial charge in [0, 0.05) is 22.7 Å². The summed E-state index contributed by atoms with van der Waals surface area (Å²) in [6, 6.07) is 9.17. The van der Waals surface area contributed by atoms with E-state index in [4.69, 9.17) is 14.5 Å². The number of rotatable bonds is 3. The van der Waals surface area contributed by atoms with E-state index in [9.17, 15) is 4.39 Å². The molecule has 0 N–H and O–H groups in total. The van der Waals surface area contributed by atoms with E-state index >= 15 is 0 Å². The monoisotopic (exact) mass is 370 g/mol. The average molecular weight is 370 g/mol. The molecule has 1 aliphatic heterocycles. The molecule has 6 heteroatoms. The van der Waals surface area contributed by atoms with Crippen molar-refractivity contribution in [3.8, 4) is 10.6 Å². The molecule has 0 amide bonds. The van der Waals surface area contributed by atoms with Gasteiger partial charge in [0.1, 0.15) is 21.2 Å². The molecule has 134 valence electrons. The van der Waals surface area contributed by atoms with Crippen LogP contribution in [0.1, 0.15) is 49.1 Å². The van der Waals surface area contributed by atoms with E-state index in [-0.39, 0.29) is 5.82 Å². The Bertz CT molecular complexity index is 948. The minimum absolute atomic E-state index is 0.307. The Morgan fingerprint density at radius 2 is 1.85 bits per heavy atom. The number of halogens is 1. The van der Waals surface area contributed by atoms with Gasteiger partial charge in [-0.2, -0.15) is 0 Å². The Kier molecular flexibility index (Phi) is 4.19. The lowest BCUT2D eigenvalue weighted by atomic mass is 9.83. The molecule has 2 fully saturated rings. The normalized spacial score (nSPS) is 19.0. The molecule has 0 spiro atoms. The van der Waals surface area contributed by atoms with Gasteiger partial charge < -0.3 is 9.47 Å². The van der Waals surface area contributed by atoms with Crippen LogP contribution >= 0.6 is 11.3 Å². The predicted molar refractivity (Wildman–Crippen MR) is 98.7 cm³/mol. The standard InChI is InChI=1S/C20H19FN2O2S/c21-15-11-13(20-24-9-2-10-25-20)5-6-14(15)18-23-17-8-7-16(12-3-1-4-12)22-19(17)26-18/h5-8,11-12,20H,1-4,9-10H2. The third kappa shape index (κ3) is 2.92. The van der Waals surface area contributed by atoms with Gasteiger partial charge in [0.05, 0.1) is 13.2 Å². The van der Waals surface area contributed by atoms with Gasteiger partial charge >= 0.3 is 0 Å². The molecule has 0 radical (unpaired) electrons. The van der Waals surface area contributed by atoms with Gasteiger partial charge in [-0.05, 0) is 43.5 Å². The third-order valence-corrected chi connectivity index (χ3v) is 6.12. The smallest absolute Gasteiger partial charge is 0.183 e. The average Bonchev–Trinajstić information content (AvgIpc) is 3.04. The van der Waals surface area contributed by atoms with Gasteiger partial charge in [0.2, 0.25) is 0 Å². The maximum absolute atomic E-state index is 14.7. The summed E-state index contributed by atoms with van der Waals surface area (Å²) in [4.78, 5) is 10.2. The number of ether oxygens (including phenoxy) is 2. The predicted octanol–water partition coefficient (Wildman–Crippen LogP) is 5.20. The fraction of sp³-hybridized carbons (Fsp3) is 0.400. The van der Waals surface area contributed by atoms with Crippen molar-refractivity contribution >= 4 is 21.7 Å². The van der Waals surface area contributed by atoms with Crippen molar-refractivity contribution < 1.29 is 13.9 Å². The van der Waals surface area contributed by atoms with Crippen LogP contribution in [0, 0.1) is 5.82 Å². The molecule has 0 bridgehead atoms. The van der Waals surface area contributed by atoms with Crippen molar-refractivity contribution in [2.45, 2.75) is 37.9 Å². The Hall–Kier alpha value is -1.89. The molecular formula is C20H19FN2O2S. The molecule has 3 aromatic rings. The maximum Gasteiger partial charge on any atom is 0.183 e. The Morgan fingerprint density at radius 1 is 1.00 bits per heavy atom. The molecule has 0 atom stereocenters. The van der Waals surface area contributed by atoms with Gasteiger partial charge in [0.25, 0.3) is 0 Å². The van der Waals surface area contributed by atoms with E-state index in [2.05, 4.69) is 11.1 Å². The molecule has 3 heterocycles. The van der Waals surface area contributed by atoms with Crippen LogP contribution in [0.2, 0.25) is 0 Å². The minimum Gasteiger partial charge on any atom is -0.348 e. The number of thiazole rings is 1. The number of hydrogen-bond donors (Lipinski definition) is 0. The molecule has 1 aromatic carbocycles. The van der Waals surface area contributed by atoms with Crippen LogP contribution in [-0.2, 0) is 9.47 Å². The van der Waals surface area contributed by atoms with Crippen molar-refractivity contribution in [2.75, 3.05) is 13.2 Å². The van der Waals surface area contributed by atoms with Crippen molar-refractivity contribution in [3.05, 3.63) is 47.4 Å². The number of fused-ring (bicyclic) bond motifs is 1. The second kappa shape index (κ2) is 6.68. The molecule has 4 nitrogen and oxygen atoms in total. The van der Waals surface area contributed by atoms with E-state index < -0.39 is 6.29 Å². The third-order valence-electron chi connectivity index (χ3n) is 5.12. The number of aromatic nitrogens is 2. The quantitative estimate of drug-likeness (QED) is 0.636. The highest BCUT2D eigenvalue weighted by molar-refractivity contribution is 7.21. The maximum atomic E-state index is 14.7. The van der Waals surface area contributed by atoms with Crippen LogP contribution in [0.4, 0.5) is 4.39 Å². The fourth-order valence-electron chi connectivity index (χ4n) is 3.41. The van der Waals surface area contributed by atoms with E-state index in [1.807, 2.05) is 12.1 Å². The van der Waals surface area contributed by atoms with Crippen LogP contribution in [-0.4, -0.2) is 23.2 Å². The summed E-state index contributed by atoms with van der Waals surface area (Å²) < 4.78 is 25.8. The second-order valence-corrected chi connectivity index (χ2v) is 7.85.